The second kappa shape index (κ2) is 11.7. The Morgan fingerprint density at radius 3 is 2.86 bits per heavy atom. The Morgan fingerprint density at radius 2 is 2.14 bits per heavy atom. The summed E-state index contributed by atoms with van der Waals surface area (Å²) in [7, 11) is 0. The monoisotopic (exact) mass is 384 g/mol. The number of pyridine rings is 1. The van der Waals surface area contributed by atoms with E-state index in [1.165, 1.54) is 19.3 Å². The molecule has 0 amide bonds. The molecule has 1 aliphatic rings. The van der Waals surface area contributed by atoms with E-state index in [2.05, 4.69) is 49.8 Å². The van der Waals surface area contributed by atoms with Gasteiger partial charge in [-0.1, -0.05) is 53.0 Å². The van der Waals surface area contributed by atoms with E-state index in [9.17, 15) is 0 Å². The first-order valence-corrected chi connectivity index (χ1v) is 10.6. The molecular formula is C24H36N2O2. The standard InChI is InChI=1S/C24H36N2O2/c1-5-7-9-21(6-2)17-27-22-12-11-20(3)24(4,18-26-15-13-22)19-28-23-10-8-14-25-16-23/h8,10-16,20-21H,5-7,9,17-19H2,1-4H3/b12-11?,22-13+,26-15?. The lowest BCUT2D eigenvalue weighted by Crippen LogP contribution is -2.34. The highest BCUT2D eigenvalue weighted by atomic mass is 16.5. The number of hydrogen-bond acceptors (Lipinski definition) is 4. The molecule has 0 fully saturated rings. The minimum atomic E-state index is -0.0980. The number of allylic oxidation sites excluding steroid dienone is 3. The average molecular weight is 385 g/mol. The van der Waals surface area contributed by atoms with Gasteiger partial charge in [0.2, 0.25) is 0 Å². The molecule has 3 unspecified atom stereocenters. The first-order valence-electron chi connectivity index (χ1n) is 10.6. The molecule has 0 spiro atoms. The van der Waals surface area contributed by atoms with Crippen LogP contribution in [0, 0.1) is 17.3 Å². The van der Waals surface area contributed by atoms with E-state index in [1.807, 2.05) is 24.4 Å². The average Bonchev–Trinajstić information content (AvgIpc) is 2.79. The molecule has 4 nitrogen and oxygen atoms in total. The second-order valence-electron chi connectivity index (χ2n) is 8.07. The van der Waals surface area contributed by atoms with Gasteiger partial charge in [-0.05, 0) is 42.5 Å². The molecule has 0 N–H and O–H groups in total. The summed E-state index contributed by atoms with van der Waals surface area (Å²) in [6.45, 7) is 11.0. The van der Waals surface area contributed by atoms with Crippen LogP contribution >= 0.6 is 0 Å². The maximum absolute atomic E-state index is 6.11. The Balaban J connectivity index is 1.96. The highest BCUT2D eigenvalue weighted by molar-refractivity contribution is 5.72. The number of nitrogens with zero attached hydrogens (tertiary/aromatic N) is 2. The van der Waals surface area contributed by atoms with Crippen molar-refractivity contribution in [3.8, 4) is 5.75 Å². The lowest BCUT2D eigenvalue weighted by molar-refractivity contribution is 0.131. The molecule has 4 heteroatoms. The topological polar surface area (TPSA) is 43.7 Å². The first-order chi connectivity index (χ1) is 13.6. The fourth-order valence-corrected chi connectivity index (χ4v) is 3.12. The van der Waals surface area contributed by atoms with Gasteiger partial charge in [0.15, 0.2) is 0 Å². The minimum absolute atomic E-state index is 0.0980. The molecule has 154 valence electrons. The summed E-state index contributed by atoms with van der Waals surface area (Å²) in [6.07, 6.45) is 16.6. The molecule has 1 aromatic heterocycles. The van der Waals surface area contributed by atoms with Crippen molar-refractivity contribution in [3.05, 3.63) is 48.5 Å². The molecule has 2 heterocycles. The van der Waals surface area contributed by atoms with Crippen molar-refractivity contribution in [2.24, 2.45) is 22.2 Å². The fraction of sp³-hybridized carbons (Fsp3) is 0.583. The fourth-order valence-electron chi connectivity index (χ4n) is 3.12. The number of unbranched alkanes of at least 4 members (excludes halogenated alkanes) is 1. The zero-order chi connectivity index (χ0) is 20.2. The van der Waals surface area contributed by atoms with E-state index in [4.69, 9.17) is 9.47 Å². The molecule has 3 atom stereocenters. The largest absolute Gasteiger partial charge is 0.493 e. The van der Waals surface area contributed by atoms with E-state index < -0.39 is 0 Å². The maximum Gasteiger partial charge on any atom is 0.137 e. The van der Waals surface area contributed by atoms with Crippen LogP contribution < -0.4 is 4.74 Å². The number of ether oxygens (including phenoxy) is 2. The smallest absolute Gasteiger partial charge is 0.137 e. The van der Waals surface area contributed by atoms with Crippen molar-refractivity contribution < 1.29 is 9.47 Å². The van der Waals surface area contributed by atoms with Gasteiger partial charge in [0.1, 0.15) is 11.5 Å². The van der Waals surface area contributed by atoms with Gasteiger partial charge in [0.25, 0.3) is 0 Å². The molecule has 2 rings (SSSR count). The Bertz CT molecular complexity index is 654. The van der Waals surface area contributed by atoms with E-state index in [0.29, 0.717) is 25.0 Å². The lowest BCUT2D eigenvalue weighted by Gasteiger charge is -2.32. The Kier molecular flexibility index (Phi) is 9.26. The summed E-state index contributed by atoms with van der Waals surface area (Å²) in [4.78, 5) is 8.75. The van der Waals surface area contributed by atoms with Crippen LogP contribution in [0.1, 0.15) is 53.4 Å². The van der Waals surface area contributed by atoms with Gasteiger partial charge in [0.05, 0.1) is 19.4 Å². The zero-order valence-corrected chi connectivity index (χ0v) is 17.9. The first kappa shape index (κ1) is 22.2. The van der Waals surface area contributed by atoms with Crippen LogP contribution in [-0.2, 0) is 4.74 Å². The summed E-state index contributed by atoms with van der Waals surface area (Å²) >= 11 is 0. The van der Waals surface area contributed by atoms with Crippen LogP contribution in [0.2, 0.25) is 0 Å². The van der Waals surface area contributed by atoms with Crippen molar-refractivity contribution >= 4 is 6.21 Å². The van der Waals surface area contributed by atoms with Crippen molar-refractivity contribution in [3.63, 3.8) is 0 Å². The number of aliphatic imine (C=N–C) groups is 1. The van der Waals surface area contributed by atoms with Gasteiger partial charge in [0, 0.05) is 24.4 Å². The summed E-state index contributed by atoms with van der Waals surface area (Å²) in [5.74, 6) is 2.61. The van der Waals surface area contributed by atoms with Gasteiger partial charge in [-0.2, -0.15) is 0 Å². The van der Waals surface area contributed by atoms with Crippen LogP contribution in [-0.4, -0.2) is 31.0 Å². The summed E-state index contributed by atoms with van der Waals surface area (Å²) in [6, 6.07) is 3.82. The predicted octanol–water partition coefficient (Wildman–Crippen LogP) is 5.86. The SMILES string of the molecule is CCCCC(CC)CO/C1=C/C=NCC(C)(COc2cccnc2)C(C)C=C1. The third-order valence-corrected chi connectivity index (χ3v) is 5.68. The normalized spacial score (nSPS) is 25.1. The minimum Gasteiger partial charge on any atom is -0.493 e. The second-order valence-corrected chi connectivity index (χ2v) is 8.07. The van der Waals surface area contributed by atoms with Gasteiger partial charge in [-0.15, -0.1) is 0 Å². The van der Waals surface area contributed by atoms with Gasteiger partial charge < -0.3 is 9.47 Å². The third kappa shape index (κ3) is 7.14. The molecule has 0 saturated heterocycles. The van der Waals surface area contributed by atoms with E-state index in [0.717, 1.165) is 24.5 Å². The summed E-state index contributed by atoms with van der Waals surface area (Å²) in [5, 5.41) is 0. The number of rotatable bonds is 10. The van der Waals surface area contributed by atoms with E-state index in [1.54, 1.807) is 12.4 Å². The molecule has 0 radical (unpaired) electrons. The van der Waals surface area contributed by atoms with E-state index >= 15 is 0 Å². The maximum atomic E-state index is 6.11. The Labute approximate surface area is 170 Å². The molecular weight excluding hydrogens is 348 g/mol. The molecule has 1 aliphatic heterocycles. The van der Waals surface area contributed by atoms with Crippen LogP contribution in [0.15, 0.2) is 53.5 Å². The van der Waals surface area contributed by atoms with Crippen LogP contribution in [0.5, 0.6) is 5.75 Å². The van der Waals surface area contributed by atoms with Crippen molar-refractivity contribution in [1.82, 2.24) is 4.98 Å². The predicted molar refractivity (Wildman–Crippen MR) is 117 cm³/mol. The summed E-state index contributed by atoms with van der Waals surface area (Å²) < 4.78 is 12.1. The van der Waals surface area contributed by atoms with Crippen molar-refractivity contribution in [2.45, 2.75) is 53.4 Å². The highest BCUT2D eigenvalue weighted by Gasteiger charge is 2.31. The molecule has 0 bridgehead atoms. The Hall–Kier alpha value is -2.10. The van der Waals surface area contributed by atoms with Crippen LogP contribution in [0.25, 0.3) is 0 Å². The summed E-state index contributed by atoms with van der Waals surface area (Å²) in [5.41, 5.74) is -0.0980. The molecule has 1 aromatic rings. The van der Waals surface area contributed by atoms with Gasteiger partial charge in [-0.3, -0.25) is 9.98 Å². The zero-order valence-electron chi connectivity index (χ0n) is 17.9. The molecule has 0 aromatic carbocycles. The van der Waals surface area contributed by atoms with Crippen molar-refractivity contribution in [1.29, 1.82) is 0 Å². The van der Waals surface area contributed by atoms with Gasteiger partial charge in [-0.25, -0.2) is 0 Å². The van der Waals surface area contributed by atoms with Gasteiger partial charge >= 0.3 is 0 Å². The lowest BCUT2D eigenvalue weighted by atomic mass is 9.78. The molecule has 28 heavy (non-hydrogen) atoms. The van der Waals surface area contributed by atoms with Crippen LogP contribution in [0.4, 0.5) is 0 Å². The quantitative estimate of drug-likeness (QED) is 0.507. The third-order valence-electron chi connectivity index (χ3n) is 5.68. The molecule has 0 saturated carbocycles. The molecule has 0 aliphatic carbocycles. The van der Waals surface area contributed by atoms with E-state index in [-0.39, 0.29) is 5.41 Å². The highest BCUT2D eigenvalue weighted by Crippen LogP contribution is 2.31. The number of aromatic nitrogens is 1. The Morgan fingerprint density at radius 1 is 1.29 bits per heavy atom. The number of hydrogen-bond donors (Lipinski definition) is 0. The van der Waals surface area contributed by atoms with Crippen LogP contribution in [0.3, 0.4) is 0 Å². The van der Waals surface area contributed by atoms with Crippen molar-refractivity contribution in [2.75, 3.05) is 19.8 Å².